The summed E-state index contributed by atoms with van der Waals surface area (Å²) in [5.41, 5.74) is 5.33. The number of pyridine rings is 1. The molecule has 6 heteroatoms. The van der Waals surface area contributed by atoms with Crippen molar-refractivity contribution in [3.8, 4) is 0 Å². The molecule has 0 bridgehead atoms. The molecule has 0 saturated heterocycles. The third kappa shape index (κ3) is 4.26. The van der Waals surface area contributed by atoms with Gasteiger partial charge in [-0.25, -0.2) is 4.98 Å². The van der Waals surface area contributed by atoms with Crippen LogP contribution < -0.4 is 11.1 Å². The molecule has 1 heterocycles. The molecule has 1 aromatic rings. The van der Waals surface area contributed by atoms with Gasteiger partial charge in [0.05, 0.1) is 4.92 Å². The molecule has 1 rings (SSSR count). The van der Waals surface area contributed by atoms with Crippen molar-refractivity contribution in [3.05, 3.63) is 22.2 Å². The zero-order valence-electron chi connectivity index (χ0n) is 10.1. The van der Waals surface area contributed by atoms with Gasteiger partial charge in [-0.05, 0) is 24.8 Å². The molecule has 0 aliphatic heterocycles. The van der Waals surface area contributed by atoms with Crippen LogP contribution in [0.1, 0.15) is 26.7 Å². The highest BCUT2D eigenvalue weighted by atomic mass is 16.6. The topological polar surface area (TPSA) is 94.1 Å². The second kappa shape index (κ2) is 6.03. The number of rotatable bonds is 6. The summed E-state index contributed by atoms with van der Waals surface area (Å²) in [5, 5.41) is 13.6. The molecule has 6 nitrogen and oxygen atoms in total. The molecule has 0 aliphatic carbocycles. The first-order valence-electron chi connectivity index (χ1n) is 5.65. The molecular formula is C11H18N4O2. The molecule has 17 heavy (non-hydrogen) atoms. The first-order valence-corrected chi connectivity index (χ1v) is 5.65. The van der Waals surface area contributed by atoms with E-state index in [9.17, 15) is 10.1 Å². The van der Waals surface area contributed by atoms with E-state index in [0.29, 0.717) is 11.7 Å². The highest BCUT2D eigenvalue weighted by molar-refractivity contribution is 5.57. The summed E-state index contributed by atoms with van der Waals surface area (Å²) in [7, 11) is 0. The Hall–Kier alpha value is -1.85. The van der Waals surface area contributed by atoms with Crippen LogP contribution in [-0.4, -0.2) is 16.5 Å². The number of nitrogens with zero attached hydrogens (tertiary/aromatic N) is 2. The number of nitrogen functional groups attached to an aromatic ring is 1. The van der Waals surface area contributed by atoms with Crippen molar-refractivity contribution in [3.63, 3.8) is 0 Å². The van der Waals surface area contributed by atoms with E-state index >= 15 is 0 Å². The number of hydrogen-bond acceptors (Lipinski definition) is 5. The highest BCUT2D eigenvalue weighted by Gasteiger charge is 2.12. The molecule has 0 atom stereocenters. The Balaban J connectivity index is 2.50. The monoisotopic (exact) mass is 238 g/mol. The molecular weight excluding hydrogens is 220 g/mol. The SMILES string of the molecule is CC(C)CCCNc1ccc([N+](=O)[O-])c(N)n1. The zero-order chi connectivity index (χ0) is 12.8. The summed E-state index contributed by atoms with van der Waals surface area (Å²) >= 11 is 0. The first-order chi connectivity index (χ1) is 8.00. The normalized spacial score (nSPS) is 10.5. The van der Waals surface area contributed by atoms with Crippen molar-refractivity contribution in [1.29, 1.82) is 0 Å². The number of aromatic nitrogens is 1. The van der Waals surface area contributed by atoms with E-state index in [1.165, 1.54) is 6.07 Å². The second-order valence-electron chi connectivity index (χ2n) is 4.32. The van der Waals surface area contributed by atoms with Crippen molar-refractivity contribution in [2.24, 2.45) is 5.92 Å². The van der Waals surface area contributed by atoms with Gasteiger partial charge in [-0.1, -0.05) is 13.8 Å². The Labute approximate surface area is 100 Å². The van der Waals surface area contributed by atoms with Gasteiger partial charge in [0.1, 0.15) is 5.82 Å². The molecule has 1 aromatic heterocycles. The minimum absolute atomic E-state index is 0.0520. The Kier molecular flexibility index (Phi) is 4.68. The van der Waals surface area contributed by atoms with Crippen LogP contribution in [0.5, 0.6) is 0 Å². The Morgan fingerprint density at radius 3 is 2.76 bits per heavy atom. The average molecular weight is 238 g/mol. The minimum atomic E-state index is -0.537. The van der Waals surface area contributed by atoms with E-state index in [1.54, 1.807) is 6.07 Å². The highest BCUT2D eigenvalue weighted by Crippen LogP contribution is 2.20. The quantitative estimate of drug-likeness (QED) is 0.451. The number of hydrogen-bond donors (Lipinski definition) is 2. The van der Waals surface area contributed by atoms with Crippen molar-refractivity contribution in [2.75, 3.05) is 17.6 Å². The first kappa shape index (κ1) is 13.2. The second-order valence-corrected chi connectivity index (χ2v) is 4.32. The van der Waals surface area contributed by atoms with E-state index in [-0.39, 0.29) is 11.5 Å². The lowest BCUT2D eigenvalue weighted by molar-refractivity contribution is -0.384. The van der Waals surface area contributed by atoms with E-state index in [2.05, 4.69) is 24.1 Å². The summed E-state index contributed by atoms with van der Waals surface area (Å²) in [4.78, 5) is 13.9. The Morgan fingerprint density at radius 2 is 2.24 bits per heavy atom. The summed E-state index contributed by atoms with van der Waals surface area (Å²) in [6.45, 7) is 5.13. The van der Waals surface area contributed by atoms with Gasteiger partial charge < -0.3 is 11.1 Å². The fourth-order valence-corrected chi connectivity index (χ4v) is 1.45. The van der Waals surface area contributed by atoms with Gasteiger partial charge in [-0.2, -0.15) is 0 Å². The zero-order valence-corrected chi connectivity index (χ0v) is 10.1. The van der Waals surface area contributed by atoms with Gasteiger partial charge in [0.15, 0.2) is 0 Å². The van der Waals surface area contributed by atoms with Gasteiger partial charge in [0.25, 0.3) is 0 Å². The lowest BCUT2D eigenvalue weighted by atomic mass is 10.1. The number of anilines is 2. The third-order valence-corrected chi connectivity index (χ3v) is 2.36. The van der Waals surface area contributed by atoms with Gasteiger partial charge in [-0.15, -0.1) is 0 Å². The maximum Gasteiger partial charge on any atom is 0.311 e. The van der Waals surface area contributed by atoms with Gasteiger partial charge in [0.2, 0.25) is 5.82 Å². The van der Waals surface area contributed by atoms with Crippen molar-refractivity contribution < 1.29 is 4.92 Å². The summed E-state index contributed by atoms with van der Waals surface area (Å²) in [6, 6.07) is 2.94. The van der Waals surface area contributed by atoms with Crippen LogP contribution in [0.3, 0.4) is 0 Å². The third-order valence-electron chi connectivity index (χ3n) is 2.36. The fourth-order valence-electron chi connectivity index (χ4n) is 1.45. The molecule has 0 aliphatic rings. The van der Waals surface area contributed by atoms with Crippen LogP contribution in [0, 0.1) is 16.0 Å². The molecule has 94 valence electrons. The predicted molar refractivity (Wildman–Crippen MR) is 67.9 cm³/mol. The van der Waals surface area contributed by atoms with Crippen molar-refractivity contribution >= 4 is 17.3 Å². The molecule has 0 unspecified atom stereocenters. The lowest BCUT2D eigenvalue weighted by Gasteiger charge is -2.07. The van der Waals surface area contributed by atoms with Crippen LogP contribution in [0.15, 0.2) is 12.1 Å². The van der Waals surface area contributed by atoms with E-state index < -0.39 is 4.92 Å². The number of nitrogens with two attached hydrogens (primary N) is 1. The van der Waals surface area contributed by atoms with Crippen molar-refractivity contribution in [1.82, 2.24) is 4.98 Å². The predicted octanol–water partition coefficient (Wildman–Crippen LogP) is 2.42. The molecule has 3 N–H and O–H groups in total. The number of nitro groups is 1. The molecule has 0 saturated carbocycles. The Bertz CT molecular complexity index is 393. The minimum Gasteiger partial charge on any atom is -0.378 e. The fraction of sp³-hybridized carbons (Fsp3) is 0.545. The standard InChI is InChI=1S/C11H18N4O2/c1-8(2)4-3-7-13-10-6-5-9(15(16)17)11(12)14-10/h5-6,8H,3-4,7H2,1-2H3,(H3,12,13,14). The Morgan fingerprint density at radius 1 is 1.53 bits per heavy atom. The molecule has 0 spiro atoms. The lowest BCUT2D eigenvalue weighted by Crippen LogP contribution is -2.06. The maximum atomic E-state index is 10.5. The summed E-state index contributed by atoms with van der Waals surface area (Å²) < 4.78 is 0. The average Bonchev–Trinajstić information content (AvgIpc) is 2.23. The largest absolute Gasteiger partial charge is 0.378 e. The van der Waals surface area contributed by atoms with Crippen LogP contribution in [0.2, 0.25) is 0 Å². The van der Waals surface area contributed by atoms with Crippen LogP contribution >= 0.6 is 0 Å². The van der Waals surface area contributed by atoms with Crippen molar-refractivity contribution in [2.45, 2.75) is 26.7 Å². The number of nitrogens with one attached hydrogen (secondary N) is 1. The molecule has 0 aromatic carbocycles. The van der Waals surface area contributed by atoms with Crippen LogP contribution in [0.4, 0.5) is 17.3 Å². The molecule has 0 fully saturated rings. The van der Waals surface area contributed by atoms with E-state index in [4.69, 9.17) is 5.73 Å². The van der Waals surface area contributed by atoms with Crippen LogP contribution in [-0.2, 0) is 0 Å². The van der Waals surface area contributed by atoms with Gasteiger partial charge in [-0.3, -0.25) is 10.1 Å². The van der Waals surface area contributed by atoms with Gasteiger partial charge >= 0.3 is 5.69 Å². The summed E-state index contributed by atoms with van der Waals surface area (Å²) in [6.07, 6.45) is 2.17. The molecule has 0 amide bonds. The maximum absolute atomic E-state index is 10.5. The molecule has 0 radical (unpaired) electrons. The van der Waals surface area contributed by atoms with Gasteiger partial charge in [0, 0.05) is 12.6 Å². The van der Waals surface area contributed by atoms with Crippen LogP contribution in [0.25, 0.3) is 0 Å². The smallest absolute Gasteiger partial charge is 0.311 e. The summed E-state index contributed by atoms with van der Waals surface area (Å²) in [5.74, 6) is 1.20. The van der Waals surface area contributed by atoms with E-state index in [0.717, 1.165) is 19.4 Å². The van der Waals surface area contributed by atoms with E-state index in [1.807, 2.05) is 0 Å².